The van der Waals surface area contributed by atoms with Gasteiger partial charge in [-0.2, -0.15) is 0 Å². The van der Waals surface area contributed by atoms with Crippen LogP contribution in [-0.4, -0.2) is 24.3 Å². The number of anilines is 1. The lowest BCUT2D eigenvalue weighted by atomic mass is 10.00. The highest BCUT2D eigenvalue weighted by molar-refractivity contribution is 5.55. The summed E-state index contributed by atoms with van der Waals surface area (Å²) in [5.41, 5.74) is 9.33. The molecule has 1 aliphatic heterocycles. The summed E-state index contributed by atoms with van der Waals surface area (Å²) in [7, 11) is 0. The van der Waals surface area contributed by atoms with Gasteiger partial charge in [-0.1, -0.05) is 12.1 Å². The molecule has 2 rings (SSSR count). The van der Waals surface area contributed by atoms with E-state index >= 15 is 0 Å². The fourth-order valence-corrected chi connectivity index (χ4v) is 2.67. The predicted molar refractivity (Wildman–Crippen MR) is 71.1 cm³/mol. The number of hydrogen-bond acceptors (Lipinski definition) is 3. The monoisotopic (exact) mass is 234 g/mol. The van der Waals surface area contributed by atoms with Gasteiger partial charge >= 0.3 is 0 Å². The van der Waals surface area contributed by atoms with E-state index in [4.69, 9.17) is 5.73 Å². The molecule has 1 heterocycles. The first-order chi connectivity index (χ1) is 8.26. The van der Waals surface area contributed by atoms with Crippen LogP contribution in [0.4, 0.5) is 5.69 Å². The highest BCUT2D eigenvalue weighted by atomic mass is 16.3. The van der Waals surface area contributed by atoms with E-state index in [-0.39, 0.29) is 12.6 Å². The molecule has 0 saturated carbocycles. The van der Waals surface area contributed by atoms with Gasteiger partial charge in [0.25, 0.3) is 0 Å². The first kappa shape index (κ1) is 12.4. The van der Waals surface area contributed by atoms with Crippen molar-refractivity contribution in [2.24, 2.45) is 5.73 Å². The van der Waals surface area contributed by atoms with E-state index in [9.17, 15) is 5.11 Å². The van der Waals surface area contributed by atoms with Gasteiger partial charge in [-0.15, -0.1) is 0 Å². The Morgan fingerprint density at radius 1 is 1.41 bits per heavy atom. The van der Waals surface area contributed by atoms with Crippen LogP contribution >= 0.6 is 0 Å². The minimum absolute atomic E-state index is 0.248. The normalized spacial score (nSPS) is 20.6. The van der Waals surface area contributed by atoms with E-state index in [1.165, 1.54) is 29.7 Å². The van der Waals surface area contributed by atoms with Crippen molar-refractivity contribution in [3.05, 3.63) is 29.3 Å². The highest BCUT2D eigenvalue weighted by Gasteiger charge is 2.22. The van der Waals surface area contributed by atoms with Crippen molar-refractivity contribution >= 4 is 5.69 Å². The van der Waals surface area contributed by atoms with Gasteiger partial charge in [0.1, 0.15) is 0 Å². The molecule has 1 aromatic carbocycles. The molecule has 1 aromatic rings. The molecule has 3 nitrogen and oxygen atoms in total. The van der Waals surface area contributed by atoms with Gasteiger partial charge in [0.2, 0.25) is 0 Å². The summed E-state index contributed by atoms with van der Waals surface area (Å²) in [4.78, 5) is 2.35. The van der Waals surface area contributed by atoms with Gasteiger partial charge in [-0.25, -0.2) is 0 Å². The largest absolute Gasteiger partial charge is 0.394 e. The van der Waals surface area contributed by atoms with Crippen LogP contribution in [0.3, 0.4) is 0 Å². The number of hydrogen-bond donors (Lipinski definition) is 2. The van der Waals surface area contributed by atoms with Crippen molar-refractivity contribution in [1.29, 1.82) is 0 Å². The van der Waals surface area contributed by atoms with Gasteiger partial charge < -0.3 is 15.7 Å². The second-order valence-electron chi connectivity index (χ2n) is 4.85. The van der Waals surface area contributed by atoms with Crippen LogP contribution in [0.2, 0.25) is 0 Å². The predicted octanol–water partition coefficient (Wildman–Crippen LogP) is 1.80. The summed E-state index contributed by atoms with van der Waals surface area (Å²) >= 11 is 0. The van der Waals surface area contributed by atoms with Gasteiger partial charge in [0, 0.05) is 18.8 Å². The Bertz CT molecular complexity index is 378. The molecule has 0 amide bonds. The summed E-state index contributed by atoms with van der Waals surface area (Å²) in [6.07, 6.45) is 3.53. The number of aliphatic hydroxyl groups excluding tert-OH is 1. The van der Waals surface area contributed by atoms with Crippen LogP contribution in [0.15, 0.2) is 18.2 Å². The summed E-state index contributed by atoms with van der Waals surface area (Å²) in [5.74, 6) is 0. The van der Waals surface area contributed by atoms with Crippen molar-refractivity contribution < 1.29 is 5.11 Å². The van der Waals surface area contributed by atoms with Gasteiger partial charge in [-0.3, -0.25) is 0 Å². The summed E-state index contributed by atoms with van der Waals surface area (Å²) in [5, 5.41) is 9.45. The van der Waals surface area contributed by atoms with Crippen molar-refractivity contribution in [3.8, 4) is 0 Å². The van der Waals surface area contributed by atoms with E-state index < -0.39 is 0 Å². The topological polar surface area (TPSA) is 49.5 Å². The fraction of sp³-hybridized carbons (Fsp3) is 0.571. The van der Waals surface area contributed by atoms with Crippen molar-refractivity contribution in [1.82, 2.24) is 0 Å². The highest BCUT2D eigenvalue weighted by Crippen LogP contribution is 2.28. The molecule has 3 N–H and O–H groups in total. The average molecular weight is 234 g/mol. The van der Waals surface area contributed by atoms with E-state index in [2.05, 4.69) is 30.0 Å². The molecule has 94 valence electrons. The van der Waals surface area contributed by atoms with E-state index in [1.807, 2.05) is 0 Å². The summed E-state index contributed by atoms with van der Waals surface area (Å²) in [6.45, 7) is 4.01. The van der Waals surface area contributed by atoms with Crippen LogP contribution in [0.5, 0.6) is 0 Å². The molecule has 1 fully saturated rings. The third-order valence-electron chi connectivity index (χ3n) is 3.64. The Labute approximate surface area is 103 Å². The minimum Gasteiger partial charge on any atom is -0.394 e. The Morgan fingerprint density at radius 2 is 2.24 bits per heavy atom. The Hall–Kier alpha value is -1.06. The minimum atomic E-state index is 0.248. The van der Waals surface area contributed by atoms with Gasteiger partial charge in [-0.05, 0) is 43.4 Å². The third kappa shape index (κ3) is 2.61. The molecule has 1 atom stereocenters. The standard InChI is InChI=1S/C14H22N2O/c1-11-8-12(9-15)5-6-14(11)16-7-3-2-4-13(16)10-17/h5-6,8,13,17H,2-4,7,9-10,15H2,1H3. The maximum atomic E-state index is 9.45. The molecule has 1 unspecified atom stereocenters. The van der Waals surface area contributed by atoms with Crippen LogP contribution in [0.25, 0.3) is 0 Å². The number of nitrogens with two attached hydrogens (primary N) is 1. The number of aryl methyl sites for hydroxylation is 1. The van der Waals surface area contributed by atoms with Gasteiger partial charge in [0.05, 0.1) is 12.6 Å². The lowest BCUT2D eigenvalue weighted by molar-refractivity contribution is 0.240. The van der Waals surface area contributed by atoms with Crippen molar-refractivity contribution in [2.75, 3.05) is 18.1 Å². The van der Waals surface area contributed by atoms with Crippen LogP contribution in [0.1, 0.15) is 30.4 Å². The molecular weight excluding hydrogens is 212 g/mol. The third-order valence-corrected chi connectivity index (χ3v) is 3.64. The molecule has 1 aliphatic rings. The Morgan fingerprint density at radius 3 is 2.88 bits per heavy atom. The van der Waals surface area contributed by atoms with Gasteiger partial charge in [0.15, 0.2) is 0 Å². The van der Waals surface area contributed by atoms with Crippen molar-refractivity contribution in [3.63, 3.8) is 0 Å². The number of rotatable bonds is 3. The Kier molecular flexibility index (Phi) is 4.02. The van der Waals surface area contributed by atoms with E-state index in [1.54, 1.807) is 0 Å². The molecule has 0 radical (unpaired) electrons. The van der Waals surface area contributed by atoms with E-state index in [0.29, 0.717) is 6.54 Å². The molecule has 0 spiro atoms. The average Bonchev–Trinajstić information content (AvgIpc) is 2.38. The van der Waals surface area contributed by atoms with Crippen LogP contribution < -0.4 is 10.6 Å². The quantitative estimate of drug-likeness (QED) is 0.838. The second kappa shape index (κ2) is 5.52. The molecule has 1 saturated heterocycles. The number of aliphatic hydroxyl groups is 1. The number of piperidine rings is 1. The molecule has 3 heteroatoms. The Balaban J connectivity index is 2.25. The zero-order valence-electron chi connectivity index (χ0n) is 10.5. The zero-order valence-corrected chi connectivity index (χ0v) is 10.5. The first-order valence-corrected chi connectivity index (χ1v) is 6.43. The molecule has 0 aliphatic carbocycles. The number of benzene rings is 1. The summed E-state index contributed by atoms with van der Waals surface area (Å²) < 4.78 is 0. The molecule has 17 heavy (non-hydrogen) atoms. The fourth-order valence-electron chi connectivity index (χ4n) is 2.67. The zero-order chi connectivity index (χ0) is 12.3. The van der Waals surface area contributed by atoms with Crippen molar-refractivity contribution in [2.45, 2.75) is 38.8 Å². The maximum absolute atomic E-state index is 9.45. The molecule has 0 aromatic heterocycles. The SMILES string of the molecule is Cc1cc(CN)ccc1N1CCCCC1CO. The molecule has 0 bridgehead atoms. The first-order valence-electron chi connectivity index (χ1n) is 6.43. The van der Waals surface area contributed by atoms with E-state index in [0.717, 1.165) is 13.0 Å². The lowest BCUT2D eigenvalue weighted by Crippen LogP contribution is -2.42. The number of nitrogens with zero attached hydrogens (tertiary/aromatic N) is 1. The smallest absolute Gasteiger partial charge is 0.0635 e. The second-order valence-corrected chi connectivity index (χ2v) is 4.85. The lowest BCUT2D eigenvalue weighted by Gasteiger charge is -2.37. The van der Waals surface area contributed by atoms with Crippen LogP contribution in [-0.2, 0) is 6.54 Å². The maximum Gasteiger partial charge on any atom is 0.0635 e. The molecular formula is C14H22N2O. The van der Waals surface area contributed by atoms with Crippen LogP contribution in [0, 0.1) is 6.92 Å². The summed E-state index contributed by atoms with van der Waals surface area (Å²) in [6, 6.07) is 6.67.